The number of hydrogen-bond donors (Lipinski definition) is 2. The maximum absolute atomic E-state index is 13.0. The number of ether oxygens (including phenoxy) is 2. The van der Waals surface area contributed by atoms with Crippen LogP contribution in [0.4, 0.5) is 0 Å². The van der Waals surface area contributed by atoms with Gasteiger partial charge in [0.25, 0.3) is 5.91 Å². The molecule has 1 amide bonds. The van der Waals surface area contributed by atoms with E-state index in [0.717, 1.165) is 12.8 Å². The van der Waals surface area contributed by atoms with Crippen LogP contribution >= 0.6 is 12.4 Å². The molecule has 0 radical (unpaired) electrons. The molecule has 0 aliphatic carbocycles. The summed E-state index contributed by atoms with van der Waals surface area (Å²) in [6.07, 6.45) is 1.45. The summed E-state index contributed by atoms with van der Waals surface area (Å²) in [6.45, 7) is 5.47. The van der Waals surface area contributed by atoms with Gasteiger partial charge in [0.2, 0.25) is 10.0 Å². The Bertz CT molecular complexity index is 762. The predicted octanol–water partition coefficient (Wildman–Crippen LogP) is 1.39. The summed E-state index contributed by atoms with van der Waals surface area (Å²) in [5.41, 5.74) is 5.98. The van der Waals surface area contributed by atoms with Gasteiger partial charge >= 0.3 is 0 Å². The first-order valence-corrected chi connectivity index (χ1v) is 10.5. The van der Waals surface area contributed by atoms with Crippen LogP contribution < -0.4 is 15.8 Å². The number of amides is 1. The van der Waals surface area contributed by atoms with Crippen LogP contribution in [0.25, 0.3) is 0 Å². The summed E-state index contributed by atoms with van der Waals surface area (Å²) in [6, 6.07) is 4.40. The Morgan fingerprint density at radius 1 is 1.29 bits per heavy atom. The molecular weight excluding hydrogens is 406 g/mol. The van der Waals surface area contributed by atoms with Crippen molar-refractivity contribution in [3.8, 4) is 5.75 Å². The maximum atomic E-state index is 13.0. The molecule has 1 aromatic carbocycles. The van der Waals surface area contributed by atoms with Crippen molar-refractivity contribution in [3.63, 3.8) is 0 Å². The molecule has 1 aliphatic rings. The quantitative estimate of drug-likeness (QED) is 0.638. The van der Waals surface area contributed by atoms with Gasteiger partial charge < -0.3 is 20.5 Å². The molecule has 0 spiro atoms. The fourth-order valence-electron chi connectivity index (χ4n) is 2.80. The van der Waals surface area contributed by atoms with Gasteiger partial charge in [0.05, 0.1) is 20.3 Å². The van der Waals surface area contributed by atoms with Crippen molar-refractivity contribution in [2.45, 2.75) is 37.1 Å². The molecule has 0 bridgehead atoms. The van der Waals surface area contributed by atoms with Gasteiger partial charge in [0.15, 0.2) is 0 Å². The molecule has 0 atom stereocenters. The SMILES string of the molecule is CCC(N)(CC)CNC(=O)c1ccc(OC)c(S(=O)(=O)N2CCOCC2)c1.Cl. The topological polar surface area (TPSA) is 111 Å². The lowest BCUT2D eigenvalue weighted by Crippen LogP contribution is -2.49. The Morgan fingerprint density at radius 3 is 2.43 bits per heavy atom. The number of morpholine rings is 1. The van der Waals surface area contributed by atoms with Crippen molar-refractivity contribution in [2.24, 2.45) is 5.73 Å². The van der Waals surface area contributed by atoms with Gasteiger partial charge in [-0.05, 0) is 31.0 Å². The van der Waals surface area contributed by atoms with Crippen LogP contribution in [0.5, 0.6) is 5.75 Å². The number of hydrogen-bond acceptors (Lipinski definition) is 6. The monoisotopic (exact) mass is 435 g/mol. The molecule has 10 heteroatoms. The van der Waals surface area contributed by atoms with E-state index in [1.165, 1.54) is 23.5 Å². The van der Waals surface area contributed by atoms with E-state index in [1.54, 1.807) is 6.07 Å². The minimum atomic E-state index is -3.79. The highest BCUT2D eigenvalue weighted by Gasteiger charge is 2.30. The largest absolute Gasteiger partial charge is 0.495 e. The second-order valence-electron chi connectivity index (χ2n) is 6.63. The molecule has 0 aromatic heterocycles. The fourth-order valence-corrected chi connectivity index (χ4v) is 4.39. The van der Waals surface area contributed by atoms with Crippen LogP contribution in [-0.2, 0) is 14.8 Å². The molecule has 1 saturated heterocycles. The van der Waals surface area contributed by atoms with Crippen molar-refractivity contribution < 1.29 is 22.7 Å². The van der Waals surface area contributed by atoms with E-state index < -0.39 is 15.6 Å². The van der Waals surface area contributed by atoms with Gasteiger partial charge in [0.1, 0.15) is 10.6 Å². The Hall–Kier alpha value is -1.39. The number of halogens is 1. The lowest BCUT2D eigenvalue weighted by Gasteiger charge is -2.27. The molecule has 2 rings (SSSR count). The van der Waals surface area contributed by atoms with E-state index in [0.29, 0.717) is 19.8 Å². The van der Waals surface area contributed by atoms with Gasteiger partial charge in [-0.1, -0.05) is 13.8 Å². The third-order valence-corrected chi connectivity index (χ3v) is 6.94. The molecule has 8 nitrogen and oxygen atoms in total. The van der Waals surface area contributed by atoms with Crippen molar-refractivity contribution in [1.82, 2.24) is 9.62 Å². The lowest BCUT2D eigenvalue weighted by molar-refractivity contribution is 0.0729. The summed E-state index contributed by atoms with van der Waals surface area (Å²) in [5, 5.41) is 2.80. The number of nitrogens with one attached hydrogen (secondary N) is 1. The molecule has 1 aromatic rings. The molecule has 28 heavy (non-hydrogen) atoms. The Morgan fingerprint density at radius 2 is 1.89 bits per heavy atom. The number of nitrogens with two attached hydrogens (primary N) is 1. The standard InChI is InChI=1S/C18H29N3O5S.ClH/c1-4-18(19,5-2)13-20-17(22)14-6-7-15(25-3)16(12-14)27(23,24)21-8-10-26-11-9-21;/h6-7,12H,4-5,8-11,13,19H2,1-3H3,(H,20,22);1H. The summed E-state index contributed by atoms with van der Waals surface area (Å²) in [4.78, 5) is 12.5. The first-order valence-electron chi connectivity index (χ1n) is 9.10. The van der Waals surface area contributed by atoms with E-state index in [4.69, 9.17) is 15.2 Å². The molecule has 0 unspecified atom stereocenters. The van der Waals surface area contributed by atoms with Gasteiger partial charge in [-0.25, -0.2) is 8.42 Å². The van der Waals surface area contributed by atoms with E-state index in [9.17, 15) is 13.2 Å². The summed E-state index contributed by atoms with van der Waals surface area (Å²) < 4.78 is 37.8. The van der Waals surface area contributed by atoms with Crippen LogP contribution in [-0.4, -0.2) is 64.1 Å². The smallest absolute Gasteiger partial charge is 0.251 e. The predicted molar refractivity (Wildman–Crippen MR) is 110 cm³/mol. The van der Waals surface area contributed by atoms with Gasteiger partial charge in [-0.3, -0.25) is 4.79 Å². The molecule has 1 aliphatic heterocycles. The molecule has 160 valence electrons. The average Bonchev–Trinajstić information content (AvgIpc) is 2.71. The molecule has 1 heterocycles. The fraction of sp³-hybridized carbons (Fsp3) is 0.611. The highest BCUT2D eigenvalue weighted by atomic mass is 35.5. The van der Waals surface area contributed by atoms with E-state index in [2.05, 4.69) is 5.32 Å². The molecule has 1 fully saturated rings. The third kappa shape index (κ3) is 5.57. The average molecular weight is 436 g/mol. The Labute approximate surface area is 173 Å². The van der Waals surface area contributed by atoms with Crippen molar-refractivity contribution in [3.05, 3.63) is 23.8 Å². The number of sulfonamides is 1. The minimum Gasteiger partial charge on any atom is -0.495 e. The third-order valence-electron chi connectivity index (χ3n) is 5.02. The van der Waals surface area contributed by atoms with Crippen molar-refractivity contribution in [2.75, 3.05) is 40.0 Å². The number of benzene rings is 1. The first kappa shape index (κ1) is 24.6. The first-order chi connectivity index (χ1) is 12.8. The number of carbonyl (C=O) groups excluding carboxylic acids is 1. The molecular formula is C18H30ClN3O5S. The van der Waals surface area contributed by atoms with Crippen LogP contribution in [0.15, 0.2) is 23.1 Å². The van der Waals surface area contributed by atoms with Crippen LogP contribution in [0.1, 0.15) is 37.0 Å². The Balaban J connectivity index is 0.00000392. The van der Waals surface area contributed by atoms with E-state index in [-0.39, 0.29) is 47.6 Å². The van der Waals surface area contributed by atoms with Gasteiger partial charge in [-0.2, -0.15) is 4.31 Å². The lowest BCUT2D eigenvalue weighted by atomic mass is 9.94. The zero-order chi connectivity index (χ0) is 20.1. The summed E-state index contributed by atoms with van der Waals surface area (Å²) in [7, 11) is -2.39. The maximum Gasteiger partial charge on any atom is 0.251 e. The highest BCUT2D eigenvalue weighted by molar-refractivity contribution is 7.89. The zero-order valence-corrected chi connectivity index (χ0v) is 18.2. The number of methoxy groups -OCH3 is 1. The number of nitrogens with zero attached hydrogens (tertiary/aromatic N) is 1. The molecule has 0 saturated carbocycles. The van der Waals surface area contributed by atoms with E-state index in [1.807, 2.05) is 13.8 Å². The van der Waals surface area contributed by atoms with E-state index >= 15 is 0 Å². The highest BCUT2D eigenvalue weighted by Crippen LogP contribution is 2.28. The second-order valence-corrected chi connectivity index (χ2v) is 8.54. The van der Waals surface area contributed by atoms with Gasteiger partial charge in [-0.15, -0.1) is 12.4 Å². The summed E-state index contributed by atoms with van der Waals surface area (Å²) >= 11 is 0. The van der Waals surface area contributed by atoms with Crippen LogP contribution in [0.3, 0.4) is 0 Å². The van der Waals surface area contributed by atoms with Crippen LogP contribution in [0.2, 0.25) is 0 Å². The Kier molecular flexibility index (Phi) is 9.16. The number of rotatable bonds is 8. The molecule has 3 N–H and O–H groups in total. The van der Waals surface area contributed by atoms with Crippen LogP contribution in [0, 0.1) is 0 Å². The summed E-state index contributed by atoms with van der Waals surface area (Å²) in [5.74, 6) is -0.166. The van der Waals surface area contributed by atoms with Crippen molar-refractivity contribution in [1.29, 1.82) is 0 Å². The van der Waals surface area contributed by atoms with Gasteiger partial charge in [0, 0.05) is 30.7 Å². The minimum absolute atomic E-state index is 0. The zero-order valence-electron chi connectivity index (χ0n) is 16.6. The second kappa shape index (κ2) is 10.4. The van der Waals surface area contributed by atoms with Crippen molar-refractivity contribution >= 4 is 28.3 Å². The normalized spacial score (nSPS) is 15.6. The number of carbonyl (C=O) groups is 1.